The molecular weight excluding hydrogens is 477 g/mol. The minimum Gasteiger partial charge on any atom is -0.290 e. The Kier molecular flexibility index (Phi) is 6.75. The molecule has 0 unspecified atom stereocenters. The maximum atomic E-state index is 12.9. The topological polar surface area (TPSA) is 68.3 Å². The Labute approximate surface area is 201 Å². The van der Waals surface area contributed by atoms with Gasteiger partial charge in [0.05, 0.1) is 23.3 Å². The van der Waals surface area contributed by atoms with Gasteiger partial charge in [0.25, 0.3) is 10.0 Å². The van der Waals surface area contributed by atoms with Crippen molar-refractivity contribution in [3.05, 3.63) is 96.2 Å². The van der Waals surface area contributed by atoms with Gasteiger partial charge in [-0.25, -0.2) is 8.42 Å². The molecule has 4 rings (SSSR count). The number of nitrogens with zero attached hydrogens (tertiary/aromatic N) is 1. The summed E-state index contributed by atoms with van der Waals surface area (Å²) in [6.07, 6.45) is -4.39. The van der Waals surface area contributed by atoms with Crippen LogP contribution in [0.25, 0.3) is 33.5 Å². The summed E-state index contributed by atoms with van der Waals surface area (Å²) in [6, 6.07) is 22.5. The van der Waals surface area contributed by atoms with Gasteiger partial charge >= 0.3 is 6.18 Å². The first-order chi connectivity index (χ1) is 16.6. The van der Waals surface area contributed by atoms with E-state index in [1.807, 2.05) is 48.2 Å². The van der Waals surface area contributed by atoms with Crippen LogP contribution in [0.15, 0.2) is 89.8 Å². The van der Waals surface area contributed by atoms with E-state index in [1.165, 1.54) is 31.4 Å². The molecule has 35 heavy (non-hydrogen) atoms. The van der Waals surface area contributed by atoms with Crippen LogP contribution in [0.3, 0.4) is 0 Å². The number of hydrogen-bond acceptors (Lipinski definition) is 4. The molecule has 9 heteroatoms. The highest BCUT2D eigenvalue weighted by molar-refractivity contribution is 7.89. The summed E-state index contributed by atoms with van der Waals surface area (Å²) in [6.45, 7) is 1.82. The molecule has 1 N–H and O–H groups in total. The molecule has 0 atom stereocenters. The predicted octanol–water partition coefficient (Wildman–Crippen LogP) is 6.25. The minimum absolute atomic E-state index is 0.0560. The summed E-state index contributed by atoms with van der Waals surface area (Å²) < 4.78 is 63.3. The van der Waals surface area contributed by atoms with Crippen molar-refractivity contribution >= 4 is 10.0 Å². The molecule has 0 amide bonds. The fourth-order valence-electron chi connectivity index (χ4n) is 3.69. The minimum atomic E-state index is -4.39. The third-order valence-corrected chi connectivity index (χ3v) is 6.59. The van der Waals surface area contributed by atoms with Crippen LogP contribution < -0.4 is 4.89 Å². The van der Waals surface area contributed by atoms with Gasteiger partial charge in [-0.05, 0) is 71.6 Å². The second kappa shape index (κ2) is 9.61. The Bertz CT molecular complexity index is 1470. The molecule has 0 saturated heterocycles. The molecule has 0 saturated carbocycles. The smallest absolute Gasteiger partial charge is 0.290 e. The number of nitrogens with one attached hydrogen (secondary N) is 1. The zero-order chi connectivity index (χ0) is 25.2. The molecule has 0 radical (unpaired) electrons. The molecule has 5 nitrogen and oxygen atoms in total. The van der Waals surface area contributed by atoms with Gasteiger partial charge in [0.1, 0.15) is 0 Å². The standard InChI is InChI=1S/C26H21F3N2O3S/c1-17-13-22(18-9-11-23(12-10-18)26(27,28)29)16-25(30-17)21-7-3-5-19(14-21)20-6-4-8-24(15-20)35(32,33)31-34-2/h3-16,31H,1-2H3. The van der Waals surface area contributed by atoms with E-state index in [4.69, 9.17) is 0 Å². The number of rotatable bonds is 6. The third kappa shape index (κ3) is 5.59. The molecule has 1 aromatic heterocycles. The van der Waals surface area contributed by atoms with Crippen molar-refractivity contribution in [1.29, 1.82) is 0 Å². The van der Waals surface area contributed by atoms with Crippen LogP contribution in [0, 0.1) is 6.92 Å². The van der Waals surface area contributed by atoms with Crippen molar-refractivity contribution in [2.45, 2.75) is 18.0 Å². The van der Waals surface area contributed by atoms with Crippen molar-refractivity contribution in [2.75, 3.05) is 7.11 Å². The highest BCUT2D eigenvalue weighted by atomic mass is 32.2. The molecule has 3 aromatic carbocycles. The molecule has 0 aliphatic carbocycles. The first kappa shape index (κ1) is 24.6. The van der Waals surface area contributed by atoms with Crippen LogP contribution in [0.2, 0.25) is 0 Å². The number of aromatic nitrogens is 1. The number of benzene rings is 3. The SMILES string of the molecule is CONS(=O)(=O)c1cccc(-c2cccc(-c3cc(-c4ccc(C(F)(F)F)cc4)cc(C)n3)c2)c1. The third-order valence-electron chi connectivity index (χ3n) is 5.33. The summed E-state index contributed by atoms with van der Waals surface area (Å²) >= 11 is 0. The second-order valence-corrected chi connectivity index (χ2v) is 9.50. The Balaban J connectivity index is 1.71. The van der Waals surface area contributed by atoms with E-state index in [0.29, 0.717) is 22.5 Å². The molecule has 0 spiro atoms. The normalized spacial score (nSPS) is 12.0. The van der Waals surface area contributed by atoms with Crippen molar-refractivity contribution in [3.8, 4) is 33.5 Å². The van der Waals surface area contributed by atoms with E-state index in [-0.39, 0.29) is 4.90 Å². The first-order valence-electron chi connectivity index (χ1n) is 10.5. The van der Waals surface area contributed by atoms with Crippen LogP contribution in [-0.2, 0) is 21.0 Å². The van der Waals surface area contributed by atoms with E-state index in [9.17, 15) is 21.6 Å². The molecule has 0 fully saturated rings. The fraction of sp³-hybridized carbons (Fsp3) is 0.115. The lowest BCUT2D eigenvalue weighted by Crippen LogP contribution is -2.22. The molecule has 0 bridgehead atoms. The zero-order valence-electron chi connectivity index (χ0n) is 18.8. The van der Waals surface area contributed by atoms with Crippen LogP contribution in [-0.4, -0.2) is 20.5 Å². The summed E-state index contributed by atoms with van der Waals surface area (Å²) in [5.41, 5.74) is 4.27. The van der Waals surface area contributed by atoms with E-state index in [1.54, 1.807) is 12.1 Å². The molecule has 0 aliphatic heterocycles. The van der Waals surface area contributed by atoms with Gasteiger partial charge in [0.15, 0.2) is 0 Å². The van der Waals surface area contributed by atoms with Crippen LogP contribution in [0.4, 0.5) is 13.2 Å². The lowest BCUT2D eigenvalue weighted by atomic mass is 9.98. The Morgan fingerprint density at radius 2 is 1.40 bits per heavy atom. The molecule has 180 valence electrons. The molecular formula is C26H21F3N2O3S. The monoisotopic (exact) mass is 498 g/mol. The number of aryl methyl sites for hydroxylation is 1. The maximum Gasteiger partial charge on any atom is 0.416 e. The fourth-order valence-corrected chi connectivity index (χ4v) is 4.55. The number of halogens is 3. The van der Waals surface area contributed by atoms with Gasteiger partial charge in [-0.3, -0.25) is 9.82 Å². The highest BCUT2D eigenvalue weighted by Gasteiger charge is 2.30. The predicted molar refractivity (Wildman–Crippen MR) is 128 cm³/mol. The second-order valence-electron chi connectivity index (χ2n) is 7.86. The lowest BCUT2D eigenvalue weighted by Gasteiger charge is -2.11. The van der Waals surface area contributed by atoms with Gasteiger partial charge in [0.2, 0.25) is 0 Å². The van der Waals surface area contributed by atoms with Crippen LogP contribution in [0.1, 0.15) is 11.3 Å². The number of pyridine rings is 1. The highest BCUT2D eigenvalue weighted by Crippen LogP contribution is 2.33. The van der Waals surface area contributed by atoms with Gasteiger partial charge in [-0.2, -0.15) is 13.2 Å². The van der Waals surface area contributed by atoms with Gasteiger partial charge in [-0.1, -0.05) is 47.3 Å². The molecule has 1 heterocycles. The Morgan fingerprint density at radius 3 is 2.06 bits per heavy atom. The summed E-state index contributed by atoms with van der Waals surface area (Å²) in [7, 11) is -2.59. The van der Waals surface area contributed by atoms with Crippen molar-refractivity contribution in [2.24, 2.45) is 0 Å². The summed E-state index contributed by atoms with van der Waals surface area (Å²) in [5, 5.41) is 0. The van der Waals surface area contributed by atoms with E-state index < -0.39 is 21.8 Å². The maximum absolute atomic E-state index is 12.9. The Morgan fingerprint density at radius 1 is 0.771 bits per heavy atom. The number of hydrogen-bond donors (Lipinski definition) is 1. The Hall–Kier alpha value is -3.53. The van der Waals surface area contributed by atoms with Crippen molar-refractivity contribution < 1.29 is 26.4 Å². The van der Waals surface area contributed by atoms with Gasteiger partial charge in [0, 0.05) is 11.3 Å². The largest absolute Gasteiger partial charge is 0.416 e. The number of sulfonamides is 1. The van der Waals surface area contributed by atoms with Crippen LogP contribution in [0.5, 0.6) is 0 Å². The lowest BCUT2D eigenvalue weighted by molar-refractivity contribution is -0.137. The summed E-state index contributed by atoms with van der Waals surface area (Å²) in [4.78, 5) is 11.2. The molecule has 0 aliphatic rings. The number of alkyl halides is 3. The molecule has 4 aromatic rings. The van der Waals surface area contributed by atoms with Crippen LogP contribution >= 0.6 is 0 Å². The zero-order valence-corrected chi connectivity index (χ0v) is 19.6. The van der Waals surface area contributed by atoms with Gasteiger partial charge in [-0.15, -0.1) is 0 Å². The first-order valence-corrected chi connectivity index (χ1v) is 12.0. The van der Waals surface area contributed by atoms with Crippen molar-refractivity contribution in [3.63, 3.8) is 0 Å². The average Bonchev–Trinajstić information content (AvgIpc) is 2.83. The van der Waals surface area contributed by atoms with E-state index in [2.05, 4.69) is 9.82 Å². The average molecular weight is 499 g/mol. The summed E-state index contributed by atoms with van der Waals surface area (Å²) in [5.74, 6) is 0. The van der Waals surface area contributed by atoms with E-state index >= 15 is 0 Å². The van der Waals surface area contributed by atoms with Gasteiger partial charge < -0.3 is 0 Å². The van der Waals surface area contributed by atoms with E-state index in [0.717, 1.165) is 28.8 Å². The quantitative estimate of drug-likeness (QED) is 0.319. The van der Waals surface area contributed by atoms with Crippen molar-refractivity contribution in [1.82, 2.24) is 9.87 Å².